The zero-order valence-electron chi connectivity index (χ0n) is 12.8. The Labute approximate surface area is 133 Å². The number of primary amides is 1. The van der Waals surface area contributed by atoms with Gasteiger partial charge in [0.15, 0.2) is 0 Å². The summed E-state index contributed by atoms with van der Waals surface area (Å²) in [6.07, 6.45) is 0. The molecule has 0 aliphatic carbocycles. The maximum Gasteiger partial charge on any atom is 0.312 e. The van der Waals surface area contributed by atoms with Crippen molar-refractivity contribution >= 4 is 17.6 Å². The summed E-state index contributed by atoms with van der Waals surface area (Å²) in [4.78, 5) is 26.4. The molecule has 7 nitrogen and oxygen atoms in total. The molecule has 0 saturated carbocycles. The molecule has 0 bridgehead atoms. The molecule has 0 aromatic heterocycles. The summed E-state index contributed by atoms with van der Waals surface area (Å²) in [6, 6.07) is 4.79. The molecule has 1 aliphatic heterocycles. The molecular formula is C15H18FN5O2. The van der Waals surface area contributed by atoms with Crippen molar-refractivity contribution in [2.45, 2.75) is 13.0 Å². The van der Waals surface area contributed by atoms with E-state index in [9.17, 15) is 14.0 Å². The summed E-state index contributed by atoms with van der Waals surface area (Å²) in [7, 11) is 0. The fourth-order valence-corrected chi connectivity index (χ4v) is 2.55. The fourth-order valence-electron chi connectivity index (χ4n) is 2.55. The Balaban J connectivity index is 1.97. The number of anilines is 1. The average molecular weight is 319 g/mol. The molecule has 1 saturated heterocycles. The number of carbonyl (C=O) groups is 2. The van der Waals surface area contributed by atoms with Gasteiger partial charge in [-0.05, 0) is 25.1 Å². The molecule has 1 aliphatic rings. The number of carbonyl (C=O) groups excluding carboxylic acids is 2. The van der Waals surface area contributed by atoms with Gasteiger partial charge in [-0.1, -0.05) is 0 Å². The van der Waals surface area contributed by atoms with Gasteiger partial charge in [0.05, 0.1) is 17.3 Å². The van der Waals surface area contributed by atoms with E-state index in [1.54, 1.807) is 24.0 Å². The molecule has 1 fully saturated rings. The van der Waals surface area contributed by atoms with Gasteiger partial charge in [-0.3, -0.25) is 4.79 Å². The molecule has 1 atom stereocenters. The summed E-state index contributed by atoms with van der Waals surface area (Å²) < 4.78 is 14.0. The Morgan fingerprint density at radius 1 is 1.35 bits per heavy atom. The Morgan fingerprint density at radius 2 is 2.00 bits per heavy atom. The van der Waals surface area contributed by atoms with Crippen LogP contribution in [-0.2, 0) is 4.79 Å². The number of rotatable bonds is 3. The SMILES string of the molecule is CC(NC(N)=O)C(=O)N1CCN(c2ccc(C#N)cc2F)CC1. The first kappa shape index (κ1) is 16.5. The average Bonchev–Trinajstić information content (AvgIpc) is 2.53. The summed E-state index contributed by atoms with van der Waals surface area (Å²) >= 11 is 0. The van der Waals surface area contributed by atoms with Crippen molar-refractivity contribution in [3.63, 3.8) is 0 Å². The maximum absolute atomic E-state index is 14.0. The normalized spacial score (nSPS) is 15.7. The first-order valence-corrected chi connectivity index (χ1v) is 7.21. The Morgan fingerprint density at radius 3 is 2.52 bits per heavy atom. The zero-order valence-corrected chi connectivity index (χ0v) is 12.8. The van der Waals surface area contributed by atoms with Gasteiger partial charge in [0.1, 0.15) is 11.9 Å². The van der Waals surface area contributed by atoms with E-state index in [-0.39, 0.29) is 11.5 Å². The van der Waals surface area contributed by atoms with Crippen molar-refractivity contribution in [3.8, 4) is 6.07 Å². The zero-order chi connectivity index (χ0) is 17.0. The predicted molar refractivity (Wildman–Crippen MR) is 82.1 cm³/mol. The fraction of sp³-hybridized carbons (Fsp3) is 0.400. The van der Waals surface area contributed by atoms with Crippen LogP contribution in [0, 0.1) is 17.1 Å². The van der Waals surface area contributed by atoms with Crippen LogP contribution in [0.1, 0.15) is 12.5 Å². The maximum atomic E-state index is 14.0. The lowest BCUT2D eigenvalue weighted by Crippen LogP contribution is -2.54. The number of piperazine rings is 1. The molecule has 1 unspecified atom stereocenters. The van der Waals surface area contributed by atoms with Crippen molar-refractivity contribution in [2.75, 3.05) is 31.1 Å². The Bertz CT molecular complexity index is 650. The van der Waals surface area contributed by atoms with Crippen molar-refractivity contribution in [3.05, 3.63) is 29.6 Å². The number of hydrogen-bond donors (Lipinski definition) is 2. The van der Waals surface area contributed by atoms with Gasteiger partial charge in [-0.2, -0.15) is 5.26 Å². The van der Waals surface area contributed by atoms with E-state index in [1.165, 1.54) is 6.07 Å². The van der Waals surface area contributed by atoms with E-state index < -0.39 is 17.9 Å². The molecule has 3 N–H and O–H groups in total. The molecule has 3 amide bonds. The van der Waals surface area contributed by atoms with Crippen LogP contribution in [0.3, 0.4) is 0 Å². The highest BCUT2D eigenvalue weighted by Gasteiger charge is 2.26. The second kappa shape index (κ2) is 6.96. The van der Waals surface area contributed by atoms with E-state index in [2.05, 4.69) is 5.32 Å². The molecule has 0 radical (unpaired) electrons. The van der Waals surface area contributed by atoms with E-state index in [0.29, 0.717) is 31.9 Å². The van der Waals surface area contributed by atoms with E-state index >= 15 is 0 Å². The minimum atomic E-state index is -0.746. The van der Waals surface area contributed by atoms with Crippen molar-refractivity contribution in [1.82, 2.24) is 10.2 Å². The number of hydrogen-bond acceptors (Lipinski definition) is 4. The van der Waals surface area contributed by atoms with Crippen LogP contribution in [0.15, 0.2) is 18.2 Å². The van der Waals surface area contributed by atoms with Gasteiger partial charge in [-0.25, -0.2) is 9.18 Å². The standard InChI is InChI=1S/C15H18FN5O2/c1-10(19-15(18)23)14(22)21-6-4-20(5-7-21)13-3-2-11(9-17)8-12(13)16/h2-3,8,10H,4-7H2,1H3,(H3,18,19,23). The second-order valence-corrected chi connectivity index (χ2v) is 5.32. The first-order chi connectivity index (χ1) is 10.9. The number of nitrogens with two attached hydrogens (primary N) is 1. The van der Waals surface area contributed by atoms with Crippen LogP contribution in [0.2, 0.25) is 0 Å². The summed E-state index contributed by atoms with van der Waals surface area (Å²) in [5, 5.41) is 11.1. The van der Waals surface area contributed by atoms with E-state index in [4.69, 9.17) is 11.0 Å². The summed E-state index contributed by atoms with van der Waals surface area (Å²) in [5.41, 5.74) is 5.69. The van der Waals surface area contributed by atoms with Crippen LogP contribution in [0.25, 0.3) is 0 Å². The van der Waals surface area contributed by atoms with Gasteiger partial charge >= 0.3 is 6.03 Å². The second-order valence-electron chi connectivity index (χ2n) is 5.32. The molecule has 0 spiro atoms. The lowest BCUT2D eigenvalue weighted by Gasteiger charge is -2.37. The van der Waals surface area contributed by atoms with Gasteiger partial charge < -0.3 is 20.9 Å². The van der Waals surface area contributed by atoms with Gasteiger partial charge in [0.2, 0.25) is 5.91 Å². The third-order valence-corrected chi connectivity index (χ3v) is 3.74. The highest BCUT2D eigenvalue weighted by Crippen LogP contribution is 2.22. The lowest BCUT2D eigenvalue weighted by molar-refractivity contribution is -0.133. The van der Waals surface area contributed by atoms with Gasteiger partial charge in [0.25, 0.3) is 0 Å². The molecule has 1 aromatic carbocycles. The summed E-state index contributed by atoms with van der Waals surface area (Å²) in [6.45, 7) is 3.35. The van der Waals surface area contributed by atoms with Crippen LogP contribution in [0.4, 0.5) is 14.9 Å². The Hall–Kier alpha value is -2.82. The molecule has 23 heavy (non-hydrogen) atoms. The Kier molecular flexibility index (Phi) is 5.01. The number of benzene rings is 1. The largest absolute Gasteiger partial charge is 0.366 e. The van der Waals surface area contributed by atoms with Crippen molar-refractivity contribution < 1.29 is 14.0 Å². The van der Waals surface area contributed by atoms with Gasteiger partial charge in [0, 0.05) is 26.2 Å². The number of urea groups is 1. The molecule has 8 heteroatoms. The molecule has 1 heterocycles. The quantitative estimate of drug-likeness (QED) is 0.842. The van der Waals surface area contributed by atoms with Crippen LogP contribution >= 0.6 is 0 Å². The summed E-state index contributed by atoms with van der Waals surface area (Å²) in [5.74, 6) is -0.670. The van der Waals surface area contributed by atoms with Crippen LogP contribution in [-0.4, -0.2) is 49.1 Å². The predicted octanol–water partition coefficient (Wildman–Crippen LogP) is 0.403. The molecule has 122 valence electrons. The minimum absolute atomic E-state index is 0.219. The number of nitrogens with one attached hydrogen (secondary N) is 1. The molecular weight excluding hydrogens is 301 g/mol. The third kappa shape index (κ3) is 3.88. The monoisotopic (exact) mass is 319 g/mol. The topological polar surface area (TPSA) is 102 Å². The molecule has 2 rings (SSSR count). The van der Waals surface area contributed by atoms with Crippen LogP contribution in [0.5, 0.6) is 0 Å². The third-order valence-electron chi connectivity index (χ3n) is 3.74. The number of nitrogens with zero attached hydrogens (tertiary/aromatic N) is 3. The van der Waals surface area contributed by atoms with Gasteiger partial charge in [-0.15, -0.1) is 0 Å². The highest BCUT2D eigenvalue weighted by atomic mass is 19.1. The molecule has 1 aromatic rings. The smallest absolute Gasteiger partial charge is 0.312 e. The van der Waals surface area contributed by atoms with Crippen molar-refractivity contribution in [1.29, 1.82) is 5.26 Å². The first-order valence-electron chi connectivity index (χ1n) is 7.21. The number of amides is 3. The number of halogens is 1. The van der Waals surface area contributed by atoms with Crippen molar-refractivity contribution in [2.24, 2.45) is 5.73 Å². The van der Waals surface area contributed by atoms with Crippen LogP contribution < -0.4 is 16.0 Å². The van der Waals surface area contributed by atoms with E-state index in [0.717, 1.165) is 0 Å². The minimum Gasteiger partial charge on any atom is -0.366 e. The number of nitriles is 1. The van der Waals surface area contributed by atoms with E-state index in [1.807, 2.05) is 11.0 Å². The lowest BCUT2D eigenvalue weighted by atomic mass is 10.1. The highest BCUT2D eigenvalue weighted by molar-refractivity contribution is 5.86.